The van der Waals surface area contributed by atoms with Gasteiger partial charge in [0.2, 0.25) is 5.95 Å². The lowest BCUT2D eigenvalue weighted by Crippen LogP contribution is -1.98. The summed E-state index contributed by atoms with van der Waals surface area (Å²) >= 11 is 0. The van der Waals surface area contributed by atoms with E-state index in [4.69, 9.17) is 5.73 Å². The monoisotopic (exact) mass is 150 g/mol. The normalized spacial score (nSPS) is 10.5. The van der Waals surface area contributed by atoms with Gasteiger partial charge in [-0.2, -0.15) is 9.97 Å². The molecule has 3 N–H and O–H groups in total. The molecular weight excluding hydrogens is 144 g/mol. The van der Waals surface area contributed by atoms with Crippen LogP contribution in [0.15, 0.2) is 18.3 Å². The van der Waals surface area contributed by atoms with Gasteiger partial charge in [-0.25, -0.2) is 0 Å². The Kier molecular flexibility index (Phi) is 1.00. The third kappa shape index (κ3) is 0.778. The van der Waals surface area contributed by atoms with Gasteiger partial charge < -0.3 is 10.8 Å². The predicted octanol–water partition coefficient (Wildman–Crippen LogP) is 0.0171. The Bertz CT molecular complexity index is 394. The van der Waals surface area contributed by atoms with Crippen LogP contribution in [0.3, 0.4) is 0 Å². The molecule has 11 heavy (non-hydrogen) atoms. The summed E-state index contributed by atoms with van der Waals surface area (Å²) in [7, 11) is 0. The summed E-state index contributed by atoms with van der Waals surface area (Å²) in [6, 6.07) is 3.35. The number of hydrogen-bond acceptors (Lipinski definition) is 4. The summed E-state index contributed by atoms with van der Waals surface area (Å²) in [6.45, 7) is 0. The largest absolute Gasteiger partial charge is 0.480 e. The zero-order valence-electron chi connectivity index (χ0n) is 5.60. The predicted molar refractivity (Wildman–Crippen MR) is 39.1 cm³/mol. The van der Waals surface area contributed by atoms with E-state index in [1.807, 2.05) is 0 Å². The van der Waals surface area contributed by atoms with Crippen LogP contribution in [0.2, 0.25) is 0 Å². The van der Waals surface area contributed by atoms with Crippen LogP contribution < -0.4 is 5.73 Å². The van der Waals surface area contributed by atoms with Crippen LogP contribution in [0.5, 0.6) is 6.01 Å². The number of aromatic hydroxyl groups is 1. The number of nitrogen functional groups attached to an aromatic ring is 1. The van der Waals surface area contributed by atoms with Gasteiger partial charge in [0, 0.05) is 6.20 Å². The minimum Gasteiger partial charge on any atom is -0.480 e. The van der Waals surface area contributed by atoms with Crippen LogP contribution in [0, 0.1) is 0 Å². The van der Waals surface area contributed by atoms with Gasteiger partial charge in [0.05, 0.1) is 0 Å². The Morgan fingerprint density at radius 1 is 1.45 bits per heavy atom. The van der Waals surface area contributed by atoms with Gasteiger partial charge in [0.15, 0.2) is 0 Å². The molecule has 0 aliphatic heterocycles. The smallest absolute Gasteiger partial charge is 0.302 e. The Morgan fingerprint density at radius 2 is 2.27 bits per heavy atom. The molecule has 0 spiro atoms. The molecule has 0 fully saturated rings. The molecule has 0 aliphatic carbocycles. The number of rotatable bonds is 0. The third-order valence-corrected chi connectivity index (χ3v) is 1.39. The quantitative estimate of drug-likeness (QED) is 0.555. The fourth-order valence-electron chi connectivity index (χ4n) is 0.931. The first-order valence-corrected chi connectivity index (χ1v) is 3.07. The summed E-state index contributed by atoms with van der Waals surface area (Å²) < 4.78 is 1.44. The van der Waals surface area contributed by atoms with E-state index >= 15 is 0 Å². The molecular formula is C6H6N4O. The number of aromatic nitrogens is 3. The van der Waals surface area contributed by atoms with Gasteiger partial charge >= 0.3 is 6.01 Å². The Hall–Kier alpha value is -1.78. The number of nitrogens with two attached hydrogens (primary N) is 1. The highest BCUT2D eigenvalue weighted by Gasteiger charge is 2.00. The lowest BCUT2D eigenvalue weighted by molar-refractivity contribution is 0.422. The zero-order chi connectivity index (χ0) is 7.84. The molecule has 2 heterocycles. The van der Waals surface area contributed by atoms with E-state index in [0.29, 0.717) is 5.65 Å². The fourth-order valence-corrected chi connectivity index (χ4v) is 0.931. The van der Waals surface area contributed by atoms with Crippen molar-refractivity contribution in [3.63, 3.8) is 0 Å². The minimum atomic E-state index is -0.141. The minimum absolute atomic E-state index is 0.0775. The second-order valence-corrected chi connectivity index (χ2v) is 2.12. The van der Waals surface area contributed by atoms with E-state index in [1.165, 1.54) is 4.40 Å². The molecule has 0 radical (unpaired) electrons. The van der Waals surface area contributed by atoms with E-state index in [2.05, 4.69) is 9.97 Å². The number of fused-ring (bicyclic) bond motifs is 1. The van der Waals surface area contributed by atoms with Crippen molar-refractivity contribution in [1.29, 1.82) is 0 Å². The van der Waals surface area contributed by atoms with Gasteiger partial charge in [-0.1, -0.05) is 0 Å². The molecule has 0 atom stereocenters. The van der Waals surface area contributed by atoms with E-state index in [0.717, 1.165) is 0 Å². The molecule has 0 unspecified atom stereocenters. The van der Waals surface area contributed by atoms with Crippen LogP contribution in [0.1, 0.15) is 0 Å². The first-order chi connectivity index (χ1) is 5.27. The average molecular weight is 150 g/mol. The lowest BCUT2D eigenvalue weighted by Gasteiger charge is -1.97. The molecule has 5 heteroatoms. The highest BCUT2D eigenvalue weighted by molar-refractivity contribution is 5.43. The maximum atomic E-state index is 9.17. The molecule has 0 saturated carbocycles. The number of anilines is 1. The molecule has 0 aromatic carbocycles. The summed E-state index contributed by atoms with van der Waals surface area (Å²) in [5.41, 5.74) is 5.88. The van der Waals surface area contributed by atoms with E-state index in [1.54, 1.807) is 18.3 Å². The van der Waals surface area contributed by atoms with Gasteiger partial charge in [0.1, 0.15) is 5.65 Å². The lowest BCUT2D eigenvalue weighted by atomic mass is 10.6. The van der Waals surface area contributed by atoms with Gasteiger partial charge in [-0.15, -0.1) is 0 Å². The first kappa shape index (κ1) is 5.96. The fraction of sp³-hybridized carbons (Fsp3) is 0. The van der Waals surface area contributed by atoms with Crippen molar-refractivity contribution in [2.45, 2.75) is 0 Å². The highest BCUT2D eigenvalue weighted by Crippen LogP contribution is 2.10. The summed E-state index contributed by atoms with van der Waals surface area (Å²) in [6.07, 6.45) is 1.66. The van der Waals surface area contributed by atoms with Crippen LogP contribution in [0.25, 0.3) is 5.65 Å². The van der Waals surface area contributed by atoms with Gasteiger partial charge in [-0.05, 0) is 12.1 Å². The van der Waals surface area contributed by atoms with Crippen molar-refractivity contribution >= 4 is 11.6 Å². The van der Waals surface area contributed by atoms with Gasteiger partial charge in [0.25, 0.3) is 0 Å². The second-order valence-electron chi connectivity index (χ2n) is 2.12. The molecule has 2 aromatic heterocycles. The molecule has 56 valence electrons. The topological polar surface area (TPSA) is 76.4 Å². The summed E-state index contributed by atoms with van der Waals surface area (Å²) in [5.74, 6) is 0.0775. The van der Waals surface area contributed by atoms with Crippen molar-refractivity contribution < 1.29 is 5.11 Å². The van der Waals surface area contributed by atoms with Crippen molar-refractivity contribution in [2.75, 3.05) is 5.73 Å². The second kappa shape index (κ2) is 1.85. The molecule has 0 aliphatic rings. The van der Waals surface area contributed by atoms with Crippen LogP contribution >= 0.6 is 0 Å². The van der Waals surface area contributed by atoms with E-state index in [-0.39, 0.29) is 12.0 Å². The maximum Gasteiger partial charge on any atom is 0.302 e. The first-order valence-electron chi connectivity index (χ1n) is 3.07. The van der Waals surface area contributed by atoms with E-state index in [9.17, 15) is 5.11 Å². The molecule has 2 rings (SSSR count). The van der Waals surface area contributed by atoms with Crippen molar-refractivity contribution in [3.8, 4) is 6.01 Å². The standard InChI is InChI=1S/C6H6N4O/c7-5-8-4-2-1-3-10(4)6(11)9-5/h1-3H,(H3,7,8,9,11). The molecule has 0 bridgehead atoms. The molecule has 5 nitrogen and oxygen atoms in total. The zero-order valence-corrected chi connectivity index (χ0v) is 5.60. The van der Waals surface area contributed by atoms with E-state index < -0.39 is 0 Å². The van der Waals surface area contributed by atoms with Crippen LogP contribution in [-0.4, -0.2) is 19.5 Å². The highest BCUT2D eigenvalue weighted by atomic mass is 16.3. The summed E-state index contributed by atoms with van der Waals surface area (Å²) in [4.78, 5) is 7.43. The molecule has 0 amide bonds. The third-order valence-electron chi connectivity index (χ3n) is 1.39. The number of nitrogens with zero attached hydrogens (tertiary/aromatic N) is 3. The van der Waals surface area contributed by atoms with Crippen LogP contribution in [-0.2, 0) is 0 Å². The summed E-state index contributed by atoms with van der Waals surface area (Å²) in [5, 5.41) is 9.17. The van der Waals surface area contributed by atoms with Crippen molar-refractivity contribution in [1.82, 2.24) is 14.4 Å². The Balaban J connectivity index is 2.91. The maximum absolute atomic E-state index is 9.17. The Morgan fingerprint density at radius 3 is 3.09 bits per heavy atom. The Labute approximate surface area is 62.1 Å². The van der Waals surface area contributed by atoms with Crippen LogP contribution in [0.4, 0.5) is 5.95 Å². The SMILES string of the molecule is Nc1nc(O)n2cccc2n1. The van der Waals surface area contributed by atoms with Gasteiger partial charge in [-0.3, -0.25) is 4.40 Å². The van der Waals surface area contributed by atoms with Crippen molar-refractivity contribution in [2.24, 2.45) is 0 Å². The average Bonchev–Trinajstić information content (AvgIpc) is 2.34. The number of hydrogen-bond donors (Lipinski definition) is 2. The molecule has 2 aromatic rings. The molecule has 0 saturated heterocycles. The van der Waals surface area contributed by atoms with Crippen molar-refractivity contribution in [3.05, 3.63) is 18.3 Å².